The van der Waals surface area contributed by atoms with Crippen molar-refractivity contribution < 1.29 is 14.3 Å². The van der Waals surface area contributed by atoms with Crippen LogP contribution in [-0.2, 0) is 14.3 Å². The summed E-state index contributed by atoms with van der Waals surface area (Å²) in [6, 6.07) is 6.09. The Morgan fingerprint density at radius 1 is 1.03 bits per heavy atom. The zero-order valence-corrected chi connectivity index (χ0v) is 19.2. The molecule has 1 amide bonds. The van der Waals surface area contributed by atoms with Gasteiger partial charge in [0.2, 0.25) is 5.91 Å². The molecule has 3 fully saturated rings. The Kier molecular flexibility index (Phi) is 5.76. The summed E-state index contributed by atoms with van der Waals surface area (Å²) in [5, 5.41) is 8.50. The number of anilines is 2. The van der Waals surface area contributed by atoms with Crippen LogP contribution in [0.3, 0.4) is 0 Å². The fourth-order valence-corrected chi connectivity index (χ4v) is 5.02. The number of carbonyl (C=O) groups excluding carboxylic acids is 1. The molecule has 1 unspecified atom stereocenters. The number of nitrogens with zero attached hydrogens (tertiary/aromatic N) is 6. The van der Waals surface area contributed by atoms with E-state index in [0.717, 1.165) is 79.3 Å². The Balaban J connectivity index is 1.50. The van der Waals surface area contributed by atoms with Gasteiger partial charge >= 0.3 is 0 Å². The summed E-state index contributed by atoms with van der Waals surface area (Å²) in [7, 11) is 0. The van der Waals surface area contributed by atoms with Crippen molar-refractivity contribution in [1.82, 2.24) is 25.1 Å². The summed E-state index contributed by atoms with van der Waals surface area (Å²) in [6.45, 7) is 5.35. The van der Waals surface area contributed by atoms with E-state index in [1.807, 2.05) is 23.0 Å². The monoisotopic (exact) mass is 463 g/mol. The van der Waals surface area contributed by atoms with Gasteiger partial charge in [-0.3, -0.25) is 9.78 Å². The minimum atomic E-state index is -0.0940. The Labute approximate surface area is 197 Å². The molecule has 3 aliphatic rings. The second kappa shape index (κ2) is 9.19. The number of ether oxygens (including phenoxy) is 2. The van der Waals surface area contributed by atoms with Crippen molar-refractivity contribution in [1.29, 1.82) is 0 Å². The molecule has 6 rings (SSSR count). The van der Waals surface area contributed by atoms with E-state index in [9.17, 15) is 4.79 Å². The van der Waals surface area contributed by atoms with Crippen LogP contribution < -0.4 is 15.1 Å². The SMILES string of the molecule is O=C1CN(c2cc(N3CCOCC3)nc3c(-c4ccnn4C4CCCCO4)nccc23)CCN1. The Morgan fingerprint density at radius 3 is 2.76 bits per heavy atom. The molecule has 1 N–H and O–H groups in total. The number of carbonyl (C=O) groups is 1. The minimum Gasteiger partial charge on any atom is -0.378 e. The average molecular weight is 464 g/mol. The third-order valence-corrected chi connectivity index (χ3v) is 6.75. The highest BCUT2D eigenvalue weighted by atomic mass is 16.5. The molecule has 3 aliphatic heterocycles. The van der Waals surface area contributed by atoms with E-state index >= 15 is 0 Å². The van der Waals surface area contributed by atoms with Gasteiger partial charge in [-0.15, -0.1) is 0 Å². The van der Waals surface area contributed by atoms with Crippen LogP contribution in [-0.4, -0.2) is 78.2 Å². The largest absolute Gasteiger partial charge is 0.378 e. The Bertz CT molecular complexity index is 1180. The molecule has 0 radical (unpaired) electrons. The van der Waals surface area contributed by atoms with E-state index in [2.05, 4.69) is 26.3 Å². The van der Waals surface area contributed by atoms with E-state index in [0.29, 0.717) is 26.3 Å². The van der Waals surface area contributed by atoms with E-state index in [1.54, 1.807) is 6.20 Å². The average Bonchev–Trinajstić information content (AvgIpc) is 3.38. The van der Waals surface area contributed by atoms with Gasteiger partial charge in [0.25, 0.3) is 0 Å². The van der Waals surface area contributed by atoms with Gasteiger partial charge in [0, 0.05) is 56.6 Å². The molecule has 178 valence electrons. The summed E-state index contributed by atoms with van der Waals surface area (Å²) >= 11 is 0. The van der Waals surface area contributed by atoms with Gasteiger partial charge in [0.05, 0.1) is 31.1 Å². The second-order valence-corrected chi connectivity index (χ2v) is 8.91. The number of hydrogen-bond acceptors (Lipinski definition) is 8. The zero-order valence-electron chi connectivity index (χ0n) is 19.2. The molecule has 0 aliphatic carbocycles. The summed E-state index contributed by atoms with van der Waals surface area (Å²) in [5.41, 5.74) is 3.49. The number of piperazine rings is 1. The van der Waals surface area contributed by atoms with Gasteiger partial charge in [-0.1, -0.05) is 0 Å². The predicted octanol–water partition coefficient (Wildman–Crippen LogP) is 1.97. The molecule has 0 bridgehead atoms. The van der Waals surface area contributed by atoms with Crippen LogP contribution in [0.15, 0.2) is 30.6 Å². The van der Waals surface area contributed by atoms with E-state index in [-0.39, 0.29) is 12.1 Å². The van der Waals surface area contributed by atoms with Crippen LogP contribution >= 0.6 is 0 Å². The Morgan fingerprint density at radius 2 is 1.94 bits per heavy atom. The van der Waals surface area contributed by atoms with Crippen LogP contribution in [0, 0.1) is 0 Å². The molecule has 10 heteroatoms. The quantitative estimate of drug-likeness (QED) is 0.627. The molecule has 3 aromatic rings. The molecule has 0 spiro atoms. The highest BCUT2D eigenvalue weighted by Crippen LogP contribution is 2.36. The number of nitrogens with one attached hydrogen (secondary N) is 1. The minimum absolute atomic E-state index is 0.0333. The van der Waals surface area contributed by atoms with Crippen molar-refractivity contribution in [3.8, 4) is 11.4 Å². The van der Waals surface area contributed by atoms with Gasteiger partial charge < -0.3 is 24.6 Å². The molecule has 0 saturated carbocycles. The zero-order chi connectivity index (χ0) is 22.9. The standard InChI is InChI=1S/C24H29N7O3/c32-21-16-30(9-8-25-21)19-15-20(29-10-13-33-14-11-29)28-23-17(19)4-6-26-24(23)18-5-7-27-31(18)22-3-1-2-12-34-22/h4-7,15,22H,1-3,8-14,16H2,(H,25,32). The van der Waals surface area contributed by atoms with Gasteiger partial charge in [-0.25, -0.2) is 9.67 Å². The van der Waals surface area contributed by atoms with Gasteiger partial charge in [0.15, 0.2) is 6.23 Å². The first-order valence-corrected chi connectivity index (χ1v) is 12.1. The lowest BCUT2D eigenvalue weighted by Crippen LogP contribution is -2.47. The maximum atomic E-state index is 12.2. The number of pyridine rings is 2. The smallest absolute Gasteiger partial charge is 0.239 e. The van der Waals surface area contributed by atoms with Crippen LogP contribution in [0.25, 0.3) is 22.3 Å². The van der Waals surface area contributed by atoms with E-state index in [1.165, 1.54) is 0 Å². The van der Waals surface area contributed by atoms with Crippen LogP contribution in [0.2, 0.25) is 0 Å². The summed E-state index contributed by atoms with van der Waals surface area (Å²) in [5.74, 6) is 0.914. The number of fused-ring (bicyclic) bond motifs is 1. The van der Waals surface area contributed by atoms with Crippen molar-refractivity contribution in [2.75, 3.05) is 62.3 Å². The highest BCUT2D eigenvalue weighted by molar-refractivity contribution is 6.01. The highest BCUT2D eigenvalue weighted by Gasteiger charge is 2.25. The molecular formula is C24H29N7O3. The fourth-order valence-electron chi connectivity index (χ4n) is 5.02. The molecule has 3 aromatic heterocycles. The number of hydrogen-bond donors (Lipinski definition) is 1. The van der Waals surface area contributed by atoms with Crippen molar-refractivity contribution in [3.05, 3.63) is 30.6 Å². The maximum absolute atomic E-state index is 12.2. The van der Waals surface area contributed by atoms with Gasteiger partial charge in [0.1, 0.15) is 17.0 Å². The molecule has 0 aromatic carbocycles. The number of amides is 1. The van der Waals surface area contributed by atoms with Crippen LogP contribution in [0.4, 0.5) is 11.5 Å². The molecule has 1 atom stereocenters. The van der Waals surface area contributed by atoms with Gasteiger partial charge in [-0.2, -0.15) is 5.10 Å². The first kappa shape index (κ1) is 21.3. The van der Waals surface area contributed by atoms with E-state index < -0.39 is 0 Å². The second-order valence-electron chi connectivity index (χ2n) is 8.91. The fraction of sp³-hybridized carbons (Fsp3) is 0.500. The molecule has 3 saturated heterocycles. The van der Waals surface area contributed by atoms with Crippen molar-refractivity contribution in [3.63, 3.8) is 0 Å². The van der Waals surface area contributed by atoms with Gasteiger partial charge in [-0.05, 0) is 31.4 Å². The molecule has 34 heavy (non-hydrogen) atoms. The number of morpholine rings is 1. The molecule has 10 nitrogen and oxygen atoms in total. The summed E-state index contributed by atoms with van der Waals surface area (Å²) < 4.78 is 13.5. The first-order chi connectivity index (χ1) is 16.8. The number of rotatable bonds is 4. The lowest BCUT2D eigenvalue weighted by Gasteiger charge is -2.32. The number of aromatic nitrogens is 4. The third-order valence-electron chi connectivity index (χ3n) is 6.75. The normalized spacial score (nSPS) is 21.6. The topological polar surface area (TPSA) is 97.6 Å². The van der Waals surface area contributed by atoms with Crippen LogP contribution in [0.5, 0.6) is 0 Å². The maximum Gasteiger partial charge on any atom is 0.239 e. The van der Waals surface area contributed by atoms with Crippen molar-refractivity contribution >= 4 is 28.3 Å². The predicted molar refractivity (Wildman–Crippen MR) is 128 cm³/mol. The van der Waals surface area contributed by atoms with Crippen molar-refractivity contribution in [2.45, 2.75) is 25.5 Å². The molecular weight excluding hydrogens is 434 g/mol. The summed E-state index contributed by atoms with van der Waals surface area (Å²) in [6.07, 6.45) is 6.66. The lowest BCUT2D eigenvalue weighted by molar-refractivity contribution is -0.120. The van der Waals surface area contributed by atoms with E-state index in [4.69, 9.17) is 19.4 Å². The van der Waals surface area contributed by atoms with Crippen LogP contribution in [0.1, 0.15) is 25.5 Å². The van der Waals surface area contributed by atoms with Crippen molar-refractivity contribution in [2.24, 2.45) is 0 Å². The Hall–Kier alpha value is -3.24. The lowest BCUT2D eigenvalue weighted by atomic mass is 10.1. The first-order valence-electron chi connectivity index (χ1n) is 12.1. The summed E-state index contributed by atoms with van der Waals surface area (Å²) in [4.78, 5) is 26.5. The molecule has 6 heterocycles. The third kappa shape index (κ3) is 3.97.